The lowest BCUT2D eigenvalue weighted by atomic mass is 9.55. The molecule has 3 rings (SSSR count). The van der Waals surface area contributed by atoms with E-state index in [1.165, 1.54) is 6.42 Å². The summed E-state index contributed by atoms with van der Waals surface area (Å²) in [6.07, 6.45) is 4.53. The molecule has 146 valence electrons. The van der Waals surface area contributed by atoms with Crippen LogP contribution in [0.25, 0.3) is 0 Å². The molecule has 2 fully saturated rings. The van der Waals surface area contributed by atoms with Gasteiger partial charge in [0.05, 0.1) is 6.10 Å². The maximum absolute atomic E-state index is 5.99. The van der Waals surface area contributed by atoms with Gasteiger partial charge in [0.1, 0.15) is 12.4 Å². The maximum Gasteiger partial charge on any atom is 0.192 e. The summed E-state index contributed by atoms with van der Waals surface area (Å²) in [6.45, 7) is 12.3. The van der Waals surface area contributed by atoms with Gasteiger partial charge in [-0.3, -0.25) is 0 Å². The van der Waals surface area contributed by atoms with Crippen molar-refractivity contribution in [3.63, 3.8) is 0 Å². The average Bonchev–Trinajstić information content (AvgIpc) is 2.93. The Morgan fingerprint density at radius 3 is 2.88 bits per heavy atom. The molecule has 7 nitrogen and oxygen atoms in total. The summed E-state index contributed by atoms with van der Waals surface area (Å²) in [6, 6.07) is 0.357. The largest absolute Gasteiger partial charge is 0.377 e. The average molecular weight is 474 g/mol. The number of ether oxygens (including phenoxy) is 1. The summed E-state index contributed by atoms with van der Waals surface area (Å²) in [4.78, 5) is 4.71. The molecule has 0 spiro atoms. The molecule has 1 saturated carbocycles. The predicted octanol–water partition coefficient (Wildman–Crippen LogP) is 2.17. The van der Waals surface area contributed by atoms with Gasteiger partial charge in [-0.2, -0.15) is 0 Å². The quantitative estimate of drug-likeness (QED) is 0.296. The molecular formula is C18H31IN6O. The van der Waals surface area contributed by atoms with Gasteiger partial charge >= 0.3 is 0 Å². The van der Waals surface area contributed by atoms with Gasteiger partial charge in [0.15, 0.2) is 11.8 Å². The second-order valence-corrected chi connectivity index (χ2v) is 7.60. The number of rotatable bonds is 5. The van der Waals surface area contributed by atoms with E-state index < -0.39 is 0 Å². The van der Waals surface area contributed by atoms with Crippen molar-refractivity contribution in [1.29, 1.82) is 0 Å². The molecular weight excluding hydrogens is 443 g/mol. The van der Waals surface area contributed by atoms with E-state index >= 15 is 0 Å². The Morgan fingerprint density at radius 1 is 1.46 bits per heavy atom. The van der Waals surface area contributed by atoms with Crippen LogP contribution in [0.3, 0.4) is 0 Å². The Balaban J connectivity index is 0.00000243. The standard InChI is InChI=1S/C18H30N6O.HI/c1-6-9-19-17(20-11-14-23-22-12(2)24(14)5)21-15-13-8-7-10-25-16(13)18(15,3)4;/h6,13,15-16H,1,7-11H2,2-5H3,(H2,19,20,21);1H. The van der Waals surface area contributed by atoms with Crippen LogP contribution in [0.15, 0.2) is 17.6 Å². The van der Waals surface area contributed by atoms with Crippen molar-refractivity contribution in [2.45, 2.75) is 52.3 Å². The topological polar surface area (TPSA) is 76.4 Å². The summed E-state index contributed by atoms with van der Waals surface area (Å²) < 4.78 is 7.96. The van der Waals surface area contributed by atoms with Crippen molar-refractivity contribution >= 4 is 29.9 Å². The first-order valence-electron chi connectivity index (χ1n) is 9.07. The Morgan fingerprint density at radius 2 is 2.23 bits per heavy atom. The molecule has 3 atom stereocenters. The van der Waals surface area contributed by atoms with E-state index in [9.17, 15) is 0 Å². The summed E-state index contributed by atoms with van der Waals surface area (Å²) in [5.74, 6) is 3.09. The number of fused-ring (bicyclic) bond motifs is 1. The van der Waals surface area contributed by atoms with Gasteiger partial charge in [-0.1, -0.05) is 19.9 Å². The minimum absolute atomic E-state index is 0. The lowest BCUT2D eigenvalue weighted by Gasteiger charge is -2.60. The summed E-state index contributed by atoms with van der Waals surface area (Å²) in [7, 11) is 1.96. The molecule has 8 heteroatoms. The number of nitrogens with zero attached hydrogens (tertiary/aromatic N) is 4. The first kappa shape index (κ1) is 21.1. The normalized spacial score (nSPS) is 26.9. The second-order valence-electron chi connectivity index (χ2n) is 7.60. The Labute approximate surface area is 173 Å². The highest BCUT2D eigenvalue weighted by atomic mass is 127. The second kappa shape index (κ2) is 8.69. The molecule has 2 N–H and O–H groups in total. The van der Waals surface area contributed by atoms with Crippen LogP contribution in [-0.2, 0) is 18.3 Å². The van der Waals surface area contributed by atoms with Crippen LogP contribution in [0.2, 0.25) is 0 Å². The fourth-order valence-electron chi connectivity index (χ4n) is 4.02. The fourth-order valence-corrected chi connectivity index (χ4v) is 4.02. The number of hydrogen-bond acceptors (Lipinski definition) is 4. The number of hydrogen-bond donors (Lipinski definition) is 2. The Hall–Kier alpha value is -1.16. The van der Waals surface area contributed by atoms with E-state index in [1.807, 2.05) is 24.6 Å². The zero-order valence-corrected chi connectivity index (χ0v) is 18.5. The molecule has 1 aromatic heterocycles. The van der Waals surface area contributed by atoms with Crippen molar-refractivity contribution < 1.29 is 4.74 Å². The van der Waals surface area contributed by atoms with Crippen LogP contribution in [0, 0.1) is 18.3 Å². The smallest absolute Gasteiger partial charge is 0.192 e. The highest BCUT2D eigenvalue weighted by molar-refractivity contribution is 14.0. The molecule has 0 aromatic carbocycles. The van der Waals surface area contributed by atoms with Crippen molar-refractivity contribution in [2.24, 2.45) is 23.4 Å². The molecule has 0 bridgehead atoms. The van der Waals surface area contributed by atoms with E-state index in [0.717, 1.165) is 30.6 Å². The first-order chi connectivity index (χ1) is 11.9. The minimum atomic E-state index is 0. The van der Waals surface area contributed by atoms with Crippen molar-refractivity contribution in [2.75, 3.05) is 13.2 Å². The maximum atomic E-state index is 5.99. The van der Waals surface area contributed by atoms with Crippen LogP contribution < -0.4 is 10.6 Å². The third-order valence-corrected chi connectivity index (χ3v) is 5.60. The summed E-state index contributed by atoms with van der Waals surface area (Å²) in [5, 5.41) is 15.2. The van der Waals surface area contributed by atoms with Crippen LogP contribution >= 0.6 is 24.0 Å². The molecule has 0 radical (unpaired) electrons. The van der Waals surface area contributed by atoms with Gasteiger partial charge < -0.3 is 19.9 Å². The highest BCUT2D eigenvalue weighted by Gasteiger charge is 2.58. The fraction of sp³-hybridized carbons (Fsp3) is 0.722. The van der Waals surface area contributed by atoms with Crippen LogP contribution in [0.4, 0.5) is 0 Å². The van der Waals surface area contributed by atoms with Gasteiger partial charge in [-0.25, -0.2) is 4.99 Å². The number of guanidine groups is 1. The molecule has 2 aliphatic rings. The molecule has 2 heterocycles. The summed E-state index contributed by atoms with van der Waals surface area (Å²) >= 11 is 0. The van der Waals surface area contributed by atoms with Gasteiger partial charge in [0, 0.05) is 37.6 Å². The van der Waals surface area contributed by atoms with Gasteiger partial charge in [-0.15, -0.1) is 40.8 Å². The van der Waals surface area contributed by atoms with Crippen molar-refractivity contribution in [3.8, 4) is 0 Å². The number of aryl methyl sites for hydroxylation is 1. The Kier molecular flexibility index (Phi) is 7.06. The lowest BCUT2D eigenvalue weighted by molar-refractivity contribution is -0.188. The van der Waals surface area contributed by atoms with Crippen molar-refractivity contribution in [1.82, 2.24) is 25.4 Å². The molecule has 3 unspecified atom stereocenters. The zero-order chi connectivity index (χ0) is 18.0. The number of halogens is 1. The first-order valence-corrected chi connectivity index (χ1v) is 9.07. The lowest BCUT2D eigenvalue weighted by Crippen LogP contribution is -2.71. The number of nitrogens with one attached hydrogen (secondary N) is 2. The van der Waals surface area contributed by atoms with Crippen LogP contribution in [0.1, 0.15) is 38.3 Å². The van der Waals surface area contributed by atoms with Crippen LogP contribution in [0.5, 0.6) is 0 Å². The van der Waals surface area contributed by atoms with Gasteiger partial charge in [0.2, 0.25) is 0 Å². The zero-order valence-electron chi connectivity index (χ0n) is 16.2. The van der Waals surface area contributed by atoms with E-state index in [2.05, 4.69) is 41.3 Å². The molecule has 1 aliphatic heterocycles. The third kappa shape index (κ3) is 4.05. The van der Waals surface area contributed by atoms with E-state index in [1.54, 1.807) is 0 Å². The summed E-state index contributed by atoms with van der Waals surface area (Å²) in [5.41, 5.74) is 0.100. The molecule has 26 heavy (non-hydrogen) atoms. The molecule has 0 amide bonds. The minimum Gasteiger partial charge on any atom is -0.377 e. The number of aromatic nitrogens is 3. The highest BCUT2D eigenvalue weighted by Crippen LogP contribution is 2.51. The van der Waals surface area contributed by atoms with E-state index in [-0.39, 0.29) is 29.4 Å². The monoisotopic (exact) mass is 474 g/mol. The van der Waals surface area contributed by atoms with E-state index in [0.29, 0.717) is 31.2 Å². The Bertz CT molecular complexity index is 656. The van der Waals surface area contributed by atoms with Crippen LogP contribution in [-0.4, -0.2) is 46.0 Å². The van der Waals surface area contributed by atoms with Gasteiger partial charge in [-0.05, 0) is 19.8 Å². The molecule has 1 saturated heterocycles. The number of aliphatic imine (C=N–C) groups is 1. The third-order valence-electron chi connectivity index (χ3n) is 5.60. The molecule has 1 aliphatic carbocycles. The SMILES string of the molecule is C=CCNC(=NCc1nnc(C)n1C)NC1C2CCCOC2C1(C)C.I. The van der Waals surface area contributed by atoms with Gasteiger partial charge in [0.25, 0.3) is 0 Å². The van der Waals surface area contributed by atoms with E-state index in [4.69, 9.17) is 9.73 Å². The predicted molar refractivity (Wildman–Crippen MR) is 114 cm³/mol. The molecule has 1 aromatic rings. The van der Waals surface area contributed by atoms with Crippen molar-refractivity contribution in [3.05, 3.63) is 24.3 Å².